The second-order valence-electron chi connectivity index (χ2n) is 5.57. The zero-order chi connectivity index (χ0) is 17.1. The van der Waals surface area contributed by atoms with Gasteiger partial charge >= 0.3 is 0 Å². The van der Waals surface area contributed by atoms with Crippen LogP contribution < -0.4 is 5.32 Å². The average Bonchev–Trinajstić information content (AvgIpc) is 3.24. The van der Waals surface area contributed by atoms with Crippen molar-refractivity contribution in [3.8, 4) is 17.3 Å². The van der Waals surface area contributed by atoms with E-state index in [0.717, 1.165) is 5.56 Å². The highest BCUT2D eigenvalue weighted by Crippen LogP contribution is 2.17. The molecule has 3 aromatic heterocycles. The lowest BCUT2D eigenvalue weighted by Crippen LogP contribution is -2.30. The number of hydrogen-bond donors (Lipinski definition) is 1. The van der Waals surface area contributed by atoms with Gasteiger partial charge < -0.3 is 9.84 Å². The van der Waals surface area contributed by atoms with Crippen molar-refractivity contribution < 1.29 is 9.32 Å². The highest BCUT2D eigenvalue weighted by Gasteiger charge is 2.12. The molecule has 3 rings (SSSR count). The van der Waals surface area contributed by atoms with Crippen LogP contribution in [0.1, 0.15) is 37.1 Å². The van der Waals surface area contributed by atoms with Gasteiger partial charge in [-0.2, -0.15) is 4.98 Å². The highest BCUT2D eigenvalue weighted by atomic mass is 16.5. The highest BCUT2D eigenvalue weighted by molar-refractivity contribution is 5.92. The fourth-order valence-corrected chi connectivity index (χ4v) is 2.08. The van der Waals surface area contributed by atoms with Crippen LogP contribution >= 0.6 is 0 Å². The van der Waals surface area contributed by atoms with E-state index in [4.69, 9.17) is 4.52 Å². The van der Waals surface area contributed by atoms with Crippen molar-refractivity contribution in [2.75, 3.05) is 0 Å². The monoisotopic (exact) mass is 326 g/mol. The predicted molar refractivity (Wildman–Crippen MR) is 86.6 cm³/mol. The van der Waals surface area contributed by atoms with Crippen LogP contribution in [0, 0.1) is 0 Å². The molecule has 0 atom stereocenters. The lowest BCUT2D eigenvalue weighted by atomic mass is 10.3. The minimum Gasteiger partial charge on any atom is -0.348 e. The van der Waals surface area contributed by atoms with E-state index < -0.39 is 0 Å². The summed E-state index contributed by atoms with van der Waals surface area (Å²) in [5, 5.41) is 6.66. The van der Waals surface area contributed by atoms with E-state index in [0.29, 0.717) is 29.6 Å². The Kier molecular flexibility index (Phi) is 4.37. The molecule has 24 heavy (non-hydrogen) atoms. The minimum absolute atomic E-state index is 0.0578. The van der Waals surface area contributed by atoms with Gasteiger partial charge in [0.25, 0.3) is 11.8 Å². The smallest absolute Gasteiger partial charge is 0.271 e. The van der Waals surface area contributed by atoms with Gasteiger partial charge in [0.1, 0.15) is 17.8 Å². The molecule has 0 spiro atoms. The van der Waals surface area contributed by atoms with Crippen molar-refractivity contribution in [2.45, 2.75) is 33.2 Å². The summed E-state index contributed by atoms with van der Waals surface area (Å²) in [6.45, 7) is 5.76. The third-order valence-corrected chi connectivity index (χ3v) is 3.28. The Labute approximate surface area is 138 Å². The maximum Gasteiger partial charge on any atom is 0.271 e. The SMILES string of the molecule is CCc1noc(-c2ccc(-n3cnc(C(=O)NC(C)C)c3)nc2)n1. The molecule has 3 heterocycles. The van der Waals surface area contributed by atoms with E-state index in [1.165, 1.54) is 0 Å². The van der Waals surface area contributed by atoms with E-state index in [9.17, 15) is 4.79 Å². The van der Waals surface area contributed by atoms with Crippen LogP contribution in [0.5, 0.6) is 0 Å². The van der Waals surface area contributed by atoms with E-state index in [-0.39, 0.29) is 11.9 Å². The maximum absolute atomic E-state index is 11.9. The third kappa shape index (κ3) is 3.32. The number of rotatable bonds is 5. The van der Waals surface area contributed by atoms with Gasteiger partial charge in [0.05, 0.1) is 5.56 Å². The zero-order valence-corrected chi connectivity index (χ0v) is 13.7. The molecule has 0 bridgehead atoms. The van der Waals surface area contributed by atoms with E-state index >= 15 is 0 Å². The number of amides is 1. The van der Waals surface area contributed by atoms with E-state index in [1.54, 1.807) is 29.4 Å². The van der Waals surface area contributed by atoms with Gasteiger partial charge in [-0.1, -0.05) is 12.1 Å². The molecule has 8 heteroatoms. The van der Waals surface area contributed by atoms with Crippen LogP contribution in [0.4, 0.5) is 0 Å². The number of hydrogen-bond acceptors (Lipinski definition) is 6. The number of nitrogens with zero attached hydrogens (tertiary/aromatic N) is 5. The van der Waals surface area contributed by atoms with Crippen LogP contribution in [0.25, 0.3) is 17.3 Å². The van der Waals surface area contributed by atoms with Gasteiger partial charge in [-0.05, 0) is 26.0 Å². The molecule has 1 amide bonds. The van der Waals surface area contributed by atoms with Crippen LogP contribution in [-0.4, -0.2) is 36.6 Å². The van der Waals surface area contributed by atoms with Crippen LogP contribution in [-0.2, 0) is 6.42 Å². The average molecular weight is 326 g/mol. The van der Waals surface area contributed by atoms with Gasteiger partial charge in [0.15, 0.2) is 5.82 Å². The molecule has 0 aromatic carbocycles. The van der Waals surface area contributed by atoms with Crippen LogP contribution in [0.3, 0.4) is 0 Å². The zero-order valence-electron chi connectivity index (χ0n) is 13.7. The number of carbonyl (C=O) groups excluding carboxylic acids is 1. The molecule has 0 radical (unpaired) electrons. The quantitative estimate of drug-likeness (QED) is 0.770. The van der Waals surface area contributed by atoms with Crippen molar-refractivity contribution in [3.63, 3.8) is 0 Å². The Morgan fingerprint density at radius 3 is 2.79 bits per heavy atom. The van der Waals surface area contributed by atoms with Crippen molar-refractivity contribution in [1.82, 2.24) is 30.0 Å². The van der Waals surface area contributed by atoms with Crippen molar-refractivity contribution in [3.05, 3.63) is 42.4 Å². The summed E-state index contributed by atoms with van der Waals surface area (Å²) in [5.41, 5.74) is 1.09. The number of pyridine rings is 1. The normalized spacial score (nSPS) is 11.0. The first kappa shape index (κ1) is 15.9. The van der Waals surface area contributed by atoms with Gasteiger partial charge in [0.2, 0.25) is 0 Å². The molecule has 8 nitrogen and oxygen atoms in total. The van der Waals surface area contributed by atoms with Gasteiger partial charge in [-0.3, -0.25) is 9.36 Å². The second kappa shape index (κ2) is 6.61. The predicted octanol–water partition coefficient (Wildman–Crippen LogP) is 2.02. The van der Waals surface area contributed by atoms with Crippen molar-refractivity contribution >= 4 is 5.91 Å². The Morgan fingerprint density at radius 2 is 2.17 bits per heavy atom. The minimum atomic E-state index is -0.210. The molecule has 1 N–H and O–H groups in total. The fraction of sp³-hybridized carbons (Fsp3) is 0.312. The lowest BCUT2D eigenvalue weighted by molar-refractivity contribution is 0.0938. The van der Waals surface area contributed by atoms with Crippen molar-refractivity contribution in [2.24, 2.45) is 0 Å². The van der Waals surface area contributed by atoms with E-state index in [2.05, 4.69) is 25.4 Å². The summed E-state index contributed by atoms with van der Waals surface area (Å²) in [6.07, 6.45) is 5.56. The molecule has 0 saturated heterocycles. The summed E-state index contributed by atoms with van der Waals surface area (Å²) >= 11 is 0. The summed E-state index contributed by atoms with van der Waals surface area (Å²) in [5.74, 6) is 1.53. The second-order valence-corrected chi connectivity index (χ2v) is 5.57. The van der Waals surface area contributed by atoms with Gasteiger partial charge in [0, 0.05) is 24.9 Å². The summed E-state index contributed by atoms with van der Waals surface area (Å²) in [6, 6.07) is 3.70. The first-order valence-corrected chi connectivity index (χ1v) is 7.71. The number of aromatic nitrogens is 5. The Hall–Kier alpha value is -3.03. The van der Waals surface area contributed by atoms with Crippen LogP contribution in [0.2, 0.25) is 0 Å². The fourth-order valence-electron chi connectivity index (χ4n) is 2.08. The Balaban J connectivity index is 1.78. The summed E-state index contributed by atoms with van der Waals surface area (Å²) in [4.78, 5) is 24.7. The molecule has 0 saturated carbocycles. The molecule has 0 fully saturated rings. The maximum atomic E-state index is 11.9. The standard InChI is InChI=1S/C16H18N6O2/c1-4-13-20-16(24-21-13)11-5-6-14(17-7-11)22-8-12(18-9-22)15(23)19-10(2)3/h5-10H,4H2,1-3H3,(H,19,23). The molecule has 0 aliphatic heterocycles. The van der Waals surface area contributed by atoms with Crippen LogP contribution in [0.15, 0.2) is 35.4 Å². The van der Waals surface area contributed by atoms with Crippen molar-refractivity contribution in [1.29, 1.82) is 0 Å². The number of nitrogens with one attached hydrogen (secondary N) is 1. The molecular weight excluding hydrogens is 308 g/mol. The summed E-state index contributed by atoms with van der Waals surface area (Å²) in [7, 11) is 0. The van der Waals surface area contributed by atoms with E-state index in [1.807, 2.05) is 26.8 Å². The van der Waals surface area contributed by atoms with Gasteiger partial charge in [-0.15, -0.1) is 0 Å². The third-order valence-electron chi connectivity index (χ3n) is 3.28. The molecule has 0 unspecified atom stereocenters. The topological polar surface area (TPSA) is 98.7 Å². The Bertz CT molecular complexity index is 834. The number of aryl methyl sites for hydroxylation is 1. The molecule has 124 valence electrons. The molecule has 0 aliphatic carbocycles. The largest absolute Gasteiger partial charge is 0.348 e. The van der Waals surface area contributed by atoms with Gasteiger partial charge in [-0.25, -0.2) is 9.97 Å². The molecule has 3 aromatic rings. The Morgan fingerprint density at radius 1 is 1.33 bits per heavy atom. The number of carbonyl (C=O) groups is 1. The first-order chi connectivity index (χ1) is 11.6. The molecule has 0 aliphatic rings. The first-order valence-electron chi connectivity index (χ1n) is 7.71. The molecular formula is C16H18N6O2. The summed E-state index contributed by atoms with van der Waals surface area (Å²) < 4.78 is 6.87. The number of imidazole rings is 1. The lowest BCUT2D eigenvalue weighted by Gasteiger charge is -2.05.